The number of hydrogen-bond donors (Lipinski definition) is 0. The second kappa shape index (κ2) is 5.13. The Hall–Kier alpha value is -2.28. The van der Waals surface area contributed by atoms with Crippen LogP contribution in [0.4, 0.5) is 13.2 Å². The van der Waals surface area contributed by atoms with Gasteiger partial charge in [0.25, 0.3) is 10.0 Å². The first kappa shape index (κ1) is 15.6. The van der Waals surface area contributed by atoms with Crippen molar-refractivity contribution >= 4 is 20.9 Å². The Morgan fingerprint density at radius 3 is 2.17 bits per heavy atom. The minimum atomic E-state index is -4.63. The minimum absolute atomic E-state index is 0.000370. The van der Waals surface area contributed by atoms with E-state index in [0.717, 1.165) is 5.56 Å². The number of para-hydroxylation sites is 1. The smallest absolute Gasteiger partial charge is 0.241 e. The molecule has 120 valence electrons. The summed E-state index contributed by atoms with van der Waals surface area (Å²) < 4.78 is 65.6. The second-order valence-electron chi connectivity index (χ2n) is 5.17. The topological polar surface area (TPSA) is 39.1 Å². The molecule has 0 N–H and O–H groups in total. The van der Waals surface area contributed by atoms with Crippen LogP contribution in [-0.4, -0.2) is 12.4 Å². The van der Waals surface area contributed by atoms with Crippen LogP contribution in [0.15, 0.2) is 59.6 Å². The Balaban J connectivity index is 2.30. The third-order valence-electron chi connectivity index (χ3n) is 3.56. The molecule has 0 saturated carbocycles. The van der Waals surface area contributed by atoms with Crippen LogP contribution < -0.4 is 0 Å². The Morgan fingerprint density at radius 1 is 0.957 bits per heavy atom. The van der Waals surface area contributed by atoms with Gasteiger partial charge in [-0.25, -0.2) is 12.4 Å². The third-order valence-corrected chi connectivity index (χ3v) is 5.25. The van der Waals surface area contributed by atoms with Crippen LogP contribution in [0.2, 0.25) is 0 Å². The summed E-state index contributed by atoms with van der Waals surface area (Å²) in [5.41, 5.74) is -0.110. The van der Waals surface area contributed by atoms with E-state index in [0.29, 0.717) is 10.2 Å². The molecule has 3 aromatic rings. The maximum atomic E-state index is 13.2. The van der Waals surface area contributed by atoms with E-state index in [2.05, 4.69) is 0 Å². The highest BCUT2D eigenvalue weighted by Gasteiger charge is 2.36. The lowest BCUT2D eigenvalue weighted by Gasteiger charge is -2.07. The highest BCUT2D eigenvalue weighted by atomic mass is 32.2. The van der Waals surface area contributed by atoms with Gasteiger partial charge in [0.2, 0.25) is 0 Å². The Morgan fingerprint density at radius 2 is 1.57 bits per heavy atom. The molecule has 1 aromatic heterocycles. The molecule has 0 amide bonds. The molecule has 0 bridgehead atoms. The van der Waals surface area contributed by atoms with Crippen molar-refractivity contribution in [3.05, 3.63) is 65.9 Å². The summed E-state index contributed by atoms with van der Waals surface area (Å²) in [6, 6.07) is 11.5. The molecule has 0 aliphatic rings. The maximum Gasteiger partial charge on any atom is 0.418 e. The molecule has 0 radical (unpaired) electrons. The van der Waals surface area contributed by atoms with E-state index in [1.807, 2.05) is 0 Å². The molecular weight excluding hydrogens is 327 g/mol. The first-order valence-corrected chi connectivity index (χ1v) is 8.15. The van der Waals surface area contributed by atoms with Crippen molar-refractivity contribution in [3.8, 4) is 0 Å². The average molecular weight is 339 g/mol. The van der Waals surface area contributed by atoms with Crippen LogP contribution >= 0.6 is 0 Å². The number of fused-ring (bicyclic) bond motifs is 1. The van der Waals surface area contributed by atoms with E-state index in [4.69, 9.17) is 0 Å². The fourth-order valence-corrected chi connectivity index (χ4v) is 3.77. The quantitative estimate of drug-likeness (QED) is 0.702. The molecule has 0 aliphatic heterocycles. The number of benzene rings is 2. The molecule has 0 atom stereocenters. The van der Waals surface area contributed by atoms with Crippen molar-refractivity contribution in [1.82, 2.24) is 3.97 Å². The van der Waals surface area contributed by atoms with E-state index < -0.39 is 21.8 Å². The molecule has 23 heavy (non-hydrogen) atoms. The number of hydrogen-bond acceptors (Lipinski definition) is 2. The van der Waals surface area contributed by atoms with Crippen LogP contribution in [0.3, 0.4) is 0 Å². The lowest BCUT2D eigenvalue weighted by molar-refractivity contribution is -0.136. The van der Waals surface area contributed by atoms with Gasteiger partial charge in [-0.05, 0) is 25.1 Å². The van der Waals surface area contributed by atoms with Crippen LogP contribution in [0.25, 0.3) is 10.9 Å². The monoisotopic (exact) mass is 339 g/mol. The molecule has 0 aliphatic carbocycles. The molecule has 0 fully saturated rings. The molecule has 3 nitrogen and oxygen atoms in total. The predicted octanol–water partition coefficient (Wildman–Crippen LogP) is 4.21. The zero-order chi connectivity index (χ0) is 16.8. The fraction of sp³-hybridized carbons (Fsp3) is 0.125. The van der Waals surface area contributed by atoms with Gasteiger partial charge in [-0.2, -0.15) is 13.2 Å². The number of halogens is 3. The number of aromatic nitrogens is 1. The zero-order valence-corrected chi connectivity index (χ0v) is 12.8. The van der Waals surface area contributed by atoms with Crippen LogP contribution in [0.1, 0.15) is 11.1 Å². The SMILES string of the molecule is Cc1ccc(S(=O)(=O)n2cc(C(F)(F)F)c3ccccc32)cc1. The number of alkyl halides is 3. The fourth-order valence-electron chi connectivity index (χ4n) is 2.40. The van der Waals surface area contributed by atoms with Gasteiger partial charge >= 0.3 is 6.18 Å². The molecular formula is C16H12F3NO2S. The van der Waals surface area contributed by atoms with Gasteiger partial charge in [0.05, 0.1) is 16.0 Å². The molecule has 0 saturated heterocycles. The van der Waals surface area contributed by atoms with Crippen molar-refractivity contribution in [2.24, 2.45) is 0 Å². The standard InChI is InChI=1S/C16H12F3NO2S/c1-11-6-8-12(9-7-11)23(21,22)20-10-14(16(17,18)19)13-4-2-3-5-15(13)20/h2-10H,1H3. The van der Waals surface area contributed by atoms with Gasteiger partial charge in [0, 0.05) is 11.6 Å². The average Bonchev–Trinajstić information content (AvgIpc) is 2.88. The van der Waals surface area contributed by atoms with E-state index in [1.165, 1.54) is 36.4 Å². The van der Waals surface area contributed by atoms with Gasteiger partial charge in [0.15, 0.2) is 0 Å². The Kier molecular flexibility index (Phi) is 3.48. The molecule has 0 spiro atoms. The van der Waals surface area contributed by atoms with Crippen molar-refractivity contribution < 1.29 is 21.6 Å². The lowest BCUT2D eigenvalue weighted by atomic mass is 10.2. The predicted molar refractivity (Wildman–Crippen MR) is 80.7 cm³/mol. The number of nitrogens with zero attached hydrogens (tertiary/aromatic N) is 1. The largest absolute Gasteiger partial charge is 0.418 e. The molecule has 0 unspecified atom stereocenters. The summed E-state index contributed by atoms with van der Waals surface area (Å²) in [5.74, 6) is 0. The van der Waals surface area contributed by atoms with Crippen LogP contribution in [0.5, 0.6) is 0 Å². The molecule has 3 rings (SSSR count). The number of aryl methyl sites for hydroxylation is 1. The highest BCUT2D eigenvalue weighted by Crippen LogP contribution is 2.37. The zero-order valence-electron chi connectivity index (χ0n) is 12.0. The van der Waals surface area contributed by atoms with E-state index >= 15 is 0 Å². The number of rotatable bonds is 2. The minimum Gasteiger partial charge on any atom is -0.241 e. The van der Waals surface area contributed by atoms with E-state index in [9.17, 15) is 21.6 Å². The first-order chi connectivity index (χ1) is 10.7. The normalized spacial score (nSPS) is 12.7. The maximum absolute atomic E-state index is 13.2. The third kappa shape index (κ3) is 2.61. The van der Waals surface area contributed by atoms with Crippen molar-refractivity contribution in [1.29, 1.82) is 0 Å². The Labute approximate surface area is 131 Å². The molecule has 7 heteroatoms. The van der Waals surface area contributed by atoms with Crippen LogP contribution in [-0.2, 0) is 16.2 Å². The summed E-state index contributed by atoms with van der Waals surface area (Å²) in [6.07, 6.45) is -3.99. The van der Waals surface area contributed by atoms with E-state index in [-0.39, 0.29) is 15.8 Å². The van der Waals surface area contributed by atoms with Gasteiger partial charge in [-0.3, -0.25) is 0 Å². The lowest BCUT2D eigenvalue weighted by Crippen LogP contribution is -2.12. The molecule has 2 aromatic carbocycles. The van der Waals surface area contributed by atoms with Gasteiger partial charge in [-0.1, -0.05) is 35.9 Å². The highest BCUT2D eigenvalue weighted by molar-refractivity contribution is 7.90. The van der Waals surface area contributed by atoms with Gasteiger partial charge in [0.1, 0.15) is 0 Å². The summed E-state index contributed by atoms with van der Waals surface area (Å²) >= 11 is 0. The summed E-state index contributed by atoms with van der Waals surface area (Å²) in [6.45, 7) is 1.79. The summed E-state index contributed by atoms with van der Waals surface area (Å²) in [5, 5.41) is -0.143. The van der Waals surface area contributed by atoms with Crippen molar-refractivity contribution in [2.45, 2.75) is 18.0 Å². The van der Waals surface area contributed by atoms with Gasteiger partial charge < -0.3 is 0 Å². The van der Waals surface area contributed by atoms with E-state index in [1.54, 1.807) is 19.1 Å². The molecule has 1 heterocycles. The van der Waals surface area contributed by atoms with Gasteiger partial charge in [-0.15, -0.1) is 0 Å². The van der Waals surface area contributed by atoms with Crippen LogP contribution in [0, 0.1) is 6.92 Å². The first-order valence-electron chi connectivity index (χ1n) is 6.71. The Bertz CT molecular complexity index is 971. The van der Waals surface area contributed by atoms with Crippen molar-refractivity contribution in [2.75, 3.05) is 0 Å². The van der Waals surface area contributed by atoms with Crippen molar-refractivity contribution in [3.63, 3.8) is 0 Å². The summed E-state index contributed by atoms with van der Waals surface area (Å²) in [7, 11) is -4.11. The summed E-state index contributed by atoms with van der Waals surface area (Å²) in [4.78, 5) is -0.0578. The second-order valence-corrected chi connectivity index (χ2v) is 6.99.